The standard InChI is InChI=1S/C14H17ClN4O2.ClH/c15-10-4-3-5-11-9(10)8-12(18-11)13(21)19-14(16)17-6-1-2-7-20;/h3-5,8,18,20H,1-2,6-7H2,(H3,16,17,19,21);1H. The van der Waals surface area contributed by atoms with Crippen molar-refractivity contribution in [3.8, 4) is 0 Å². The van der Waals surface area contributed by atoms with Crippen molar-refractivity contribution in [1.82, 2.24) is 10.3 Å². The third-order valence-corrected chi connectivity index (χ3v) is 3.28. The molecule has 0 radical (unpaired) electrons. The number of aromatic nitrogens is 1. The number of amides is 1. The lowest BCUT2D eigenvalue weighted by atomic mass is 10.2. The van der Waals surface area contributed by atoms with E-state index in [9.17, 15) is 4.79 Å². The molecule has 120 valence electrons. The highest BCUT2D eigenvalue weighted by Crippen LogP contribution is 2.24. The molecule has 1 aromatic heterocycles. The summed E-state index contributed by atoms with van der Waals surface area (Å²) in [7, 11) is 0. The minimum Gasteiger partial charge on any atom is -0.396 e. The number of fused-ring (bicyclic) bond motifs is 1. The van der Waals surface area contributed by atoms with Crippen molar-refractivity contribution in [2.24, 2.45) is 10.7 Å². The maximum Gasteiger partial charge on any atom is 0.296 e. The van der Waals surface area contributed by atoms with E-state index in [0.29, 0.717) is 23.7 Å². The molecular formula is C14H18Cl2N4O2. The molecule has 0 bridgehead atoms. The Bertz CT molecular complexity index is 670. The number of nitrogens with one attached hydrogen (secondary N) is 2. The number of hydrogen-bond acceptors (Lipinski definition) is 2. The van der Waals surface area contributed by atoms with Gasteiger partial charge in [-0.2, -0.15) is 4.99 Å². The molecule has 0 fully saturated rings. The van der Waals surface area contributed by atoms with Crippen LogP contribution in [0.1, 0.15) is 23.3 Å². The number of aliphatic imine (C=N–C) groups is 1. The highest BCUT2D eigenvalue weighted by atomic mass is 35.5. The average molecular weight is 345 g/mol. The molecular weight excluding hydrogens is 327 g/mol. The van der Waals surface area contributed by atoms with Crippen molar-refractivity contribution in [3.63, 3.8) is 0 Å². The molecule has 6 nitrogen and oxygen atoms in total. The van der Waals surface area contributed by atoms with Crippen molar-refractivity contribution in [2.45, 2.75) is 12.8 Å². The number of aromatic amines is 1. The minimum atomic E-state index is -0.463. The fraction of sp³-hybridized carbons (Fsp3) is 0.286. The molecule has 0 atom stereocenters. The van der Waals surface area contributed by atoms with Crippen LogP contribution in [0.4, 0.5) is 0 Å². The van der Waals surface area contributed by atoms with Crippen LogP contribution in [0.3, 0.4) is 0 Å². The van der Waals surface area contributed by atoms with Gasteiger partial charge in [-0.3, -0.25) is 4.79 Å². The summed E-state index contributed by atoms with van der Waals surface area (Å²) in [5.74, 6) is -0.405. The number of rotatable bonds is 5. The quantitative estimate of drug-likeness (QED) is 0.378. The molecule has 0 saturated carbocycles. The number of unbranched alkanes of at least 4 members (excludes halogenated alkanes) is 1. The van der Waals surface area contributed by atoms with Crippen LogP contribution in [0.2, 0.25) is 5.02 Å². The van der Waals surface area contributed by atoms with Crippen LogP contribution in [0.5, 0.6) is 0 Å². The van der Waals surface area contributed by atoms with Crippen LogP contribution in [-0.2, 0) is 0 Å². The van der Waals surface area contributed by atoms with Crippen molar-refractivity contribution in [2.75, 3.05) is 13.2 Å². The van der Waals surface area contributed by atoms with Crippen molar-refractivity contribution < 1.29 is 9.90 Å². The molecule has 5 N–H and O–H groups in total. The van der Waals surface area contributed by atoms with Gasteiger partial charge < -0.3 is 21.1 Å². The third-order valence-electron chi connectivity index (χ3n) is 2.95. The first-order valence-corrected chi connectivity index (χ1v) is 7.00. The average Bonchev–Trinajstić information content (AvgIpc) is 2.89. The van der Waals surface area contributed by atoms with E-state index in [0.717, 1.165) is 17.3 Å². The molecule has 0 spiro atoms. The summed E-state index contributed by atoms with van der Waals surface area (Å²) in [5.41, 5.74) is 6.74. The summed E-state index contributed by atoms with van der Waals surface area (Å²) in [6.07, 6.45) is 1.43. The van der Waals surface area contributed by atoms with Gasteiger partial charge in [0.15, 0.2) is 5.96 Å². The summed E-state index contributed by atoms with van der Waals surface area (Å²) in [6.45, 7) is 0.690. The number of aliphatic hydroxyl groups excluding tert-OH is 1. The maximum absolute atomic E-state index is 12.0. The fourth-order valence-corrected chi connectivity index (χ4v) is 2.12. The fourth-order valence-electron chi connectivity index (χ4n) is 1.90. The summed E-state index contributed by atoms with van der Waals surface area (Å²) in [5, 5.41) is 12.8. The highest BCUT2D eigenvalue weighted by Gasteiger charge is 2.10. The van der Waals surface area contributed by atoms with Gasteiger partial charge in [0.05, 0.1) is 0 Å². The monoisotopic (exact) mass is 344 g/mol. The lowest BCUT2D eigenvalue weighted by molar-refractivity contribution is 0.0998. The molecule has 0 aliphatic heterocycles. The SMILES string of the molecule is Cl.NC(=NC(=O)c1cc2c(Cl)cccc2[nH]1)NCCCCO. The lowest BCUT2D eigenvalue weighted by Gasteiger charge is -2.03. The molecule has 0 aliphatic rings. The van der Waals surface area contributed by atoms with Gasteiger partial charge in [-0.05, 0) is 31.0 Å². The van der Waals surface area contributed by atoms with Crippen molar-refractivity contribution >= 4 is 46.8 Å². The lowest BCUT2D eigenvalue weighted by Crippen LogP contribution is -2.33. The number of halogens is 2. The van der Waals surface area contributed by atoms with E-state index in [-0.39, 0.29) is 25.0 Å². The van der Waals surface area contributed by atoms with E-state index in [1.165, 1.54) is 0 Å². The van der Waals surface area contributed by atoms with Crippen LogP contribution in [-0.4, -0.2) is 35.1 Å². The number of nitrogens with zero attached hydrogens (tertiary/aromatic N) is 1. The Morgan fingerprint density at radius 1 is 1.41 bits per heavy atom. The molecule has 1 aromatic carbocycles. The molecule has 2 rings (SSSR count). The Labute approximate surface area is 139 Å². The molecule has 0 saturated heterocycles. The second-order valence-electron chi connectivity index (χ2n) is 4.54. The molecule has 2 aromatic rings. The topological polar surface area (TPSA) is 104 Å². The van der Waals surface area contributed by atoms with Crippen LogP contribution in [0, 0.1) is 0 Å². The van der Waals surface area contributed by atoms with Gasteiger partial charge in [0.2, 0.25) is 0 Å². The molecule has 8 heteroatoms. The van der Waals surface area contributed by atoms with Gasteiger partial charge in [0, 0.05) is 29.1 Å². The van der Waals surface area contributed by atoms with Gasteiger partial charge in [0.25, 0.3) is 5.91 Å². The molecule has 0 unspecified atom stereocenters. The highest BCUT2D eigenvalue weighted by molar-refractivity contribution is 6.35. The number of guanidine groups is 1. The second kappa shape index (κ2) is 8.63. The van der Waals surface area contributed by atoms with E-state index >= 15 is 0 Å². The number of benzene rings is 1. The number of H-pyrrole nitrogens is 1. The summed E-state index contributed by atoms with van der Waals surface area (Å²) in [4.78, 5) is 18.7. The first-order valence-electron chi connectivity index (χ1n) is 6.62. The minimum absolute atomic E-state index is 0. The Hall–Kier alpha value is -1.76. The van der Waals surface area contributed by atoms with Crippen LogP contribution in [0.25, 0.3) is 10.9 Å². The Balaban J connectivity index is 0.00000242. The third kappa shape index (κ3) is 4.62. The zero-order chi connectivity index (χ0) is 15.2. The number of aliphatic hydroxyl groups is 1. The summed E-state index contributed by atoms with van der Waals surface area (Å²) >= 11 is 6.05. The van der Waals surface area contributed by atoms with Crippen molar-refractivity contribution in [1.29, 1.82) is 0 Å². The number of hydrogen-bond donors (Lipinski definition) is 4. The molecule has 22 heavy (non-hydrogen) atoms. The Morgan fingerprint density at radius 2 is 2.18 bits per heavy atom. The van der Waals surface area contributed by atoms with E-state index < -0.39 is 5.91 Å². The first-order chi connectivity index (χ1) is 10.1. The molecule has 0 aliphatic carbocycles. The van der Waals surface area contributed by atoms with Gasteiger partial charge in [-0.1, -0.05) is 17.7 Å². The van der Waals surface area contributed by atoms with Gasteiger partial charge in [0.1, 0.15) is 5.69 Å². The van der Waals surface area contributed by atoms with Crippen LogP contribution in [0.15, 0.2) is 29.3 Å². The van der Waals surface area contributed by atoms with E-state index in [4.69, 9.17) is 22.4 Å². The molecule has 1 heterocycles. The van der Waals surface area contributed by atoms with Gasteiger partial charge >= 0.3 is 0 Å². The Morgan fingerprint density at radius 3 is 2.86 bits per heavy atom. The number of carbonyl (C=O) groups excluding carboxylic acids is 1. The van der Waals surface area contributed by atoms with E-state index in [2.05, 4.69) is 15.3 Å². The predicted octanol–water partition coefficient (Wildman–Crippen LogP) is 2.06. The van der Waals surface area contributed by atoms with E-state index in [1.807, 2.05) is 6.07 Å². The van der Waals surface area contributed by atoms with Crippen LogP contribution < -0.4 is 11.1 Å². The number of nitrogens with two attached hydrogens (primary N) is 1. The first kappa shape index (κ1) is 18.3. The predicted molar refractivity (Wildman–Crippen MR) is 90.8 cm³/mol. The summed E-state index contributed by atoms with van der Waals surface area (Å²) in [6, 6.07) is 7.04. The summed E-state index contributed by atoms with van der Waals surface area (Å²) < 4.78 is 0. The Kier molecular flexibility index (Phi) is 7.17. The zero-order valence-corrected chi connectivity index (χ0v) is 13.4. The van der Waals surface area contributed by atoms with Crippen molar-refractivity contribution in [3.05, 3.63) is 35.0 Å². The van der Waals surface area contributed by atoms with Gasteiger partial charge in [-0.15, -0.1) is 12.4 Å². The van der Waals surface area contributed by atoms with E-state index in [1.54, 1.807) is 18.2 Å². The normalized spacial score (nSPS) is 11.3. The van der Waals surface area contributed by atoms with Gasteiger partial charge in [-0.25, -0.2) is 0 Å². The molecule has 1 amide bonds. The van der Waals surface area contributed by atoms with Crippen LogP contribution >= 0.6 is 24.0 Å². The smallest absolute Gasteiger partial charge is 0.296 e. The zero-order valence-electron chi connectivity index (χ0n) is 11.8. The largest absolute Gasteiger partial charge is 0.396 e. The second-order valence-corrected chi connectivity index (χ2v) is 4.95. The number of carbonyl (C=O) groups is 1. The maximum atomic E-state index is 12.0.